The second-order valence-electron chi connectivity index (χ2n) is 7.62. The fourth-order valence-electron chi connectivity index (χ4n) is 3.53. The minimum Gasteiger partial charge on any atom is -0.447 e. The molecule has 1 saturated heterocycles. The number of hydrogen-bond acceptors (Lipinski definition) is 4. The number of thiophene rings is 1. The molecule has 0 aromatic carbocycles. The fraction of sp³-hybridized carbons (Fsp3) is 0.684. The zero-order valence-electron chi connectivity index (χ0n) is 15.4. The van der Waals surface area contributed by atoms with Crippen molar-refractivity contribution < 1.29 is 14.3 Å². The van der Waals surface area contributed by atoms with Gasteiger partial charge in [-0.1, -0.05) is 11.6 Å². The van der Waals surface area contributed by atoms with Crippen molar-refractivity contribution in [1.29, 1.82) is 0 Å². The molecule has 3 rings (SSSR count). The average Bonchev–Trinajstić information content (AvgIpc) is 3.35. The molecule has 26 heavy (non-hydrogen) atoms. The second-order valence-corrected chi connectivity index (χ2v) is 9.33. The minimum absolute atomic E-state index is 0.0169. The predicted molar refractivity (Wildman–Crippen MR) is 104 cm³/mol. The molecule has 1 unspecified atom stereocenters. The Morgan fingerprint density at radius 1 is 1.27 bits per heavy atom. The number of piperidine rings is 1. The second kappa shape index (κ2) is 8.61. The van der Waals surface area contributed by atoms with Crippen molar-refractivity contribution in [2.75, 3.05) is 13.1 Å². The van der Waals surface area contributed by atoms with E-state index >= 15 is 0 Å². The first-order valence-corrected chi connectivity index (χ1v) is 10.6. The van der Waals surface area contributed by atoms with Crippen LogP contribution in [0.5, 0.6) is 0 Å². The smallest absolute Gasteiger partial charge is 0.410 e. The van der Waals surface area contributed by atoms with Crippen LogP contribution in [0, 0.1) is 11.8 Å². The van der Waals surface area contributed by atoms with Crippen LogP contribution in [0.15, 0.2) is 12.1 Å². The van der Waals surface area contributed by atoms with E-state index in [-0.39, 0.29) is 24.1 Å². The lowest BCUT2D eigenvalue weighted by Gasteiger charge is -2.33. The SMILES string of the molecule is CC(C)OC(=O)N1CCC(CC(NC(=O)c2ccc(Cl)s2)C2CC2)CC1. The molecular formula is C19H27ClN2O3S. The summed E-state index contributed by atoms with van der Waals surface area (Å²) >= 11 is 7.26. The lowest BCUT2D eigenvalue weighted by atomic mass is 9.88. The first kappa shape index (κ1) is 19.5. The number of halogens is 1. The van der Waals surface area contributed by atoms with E-state index in [9.17, 15) is 9.59 Å². The summed E-state index contributed by atoms with van der Waals surface area (Å²) < 4.78 is 5.92. The third-order valence-corrected chi connectivity index (χ3v) is 6.33. The van der Waals surface area contributed by atoms with Crippen LogP contribution < -0.4 is 5.32 Å². The fourth-order valence-corrected chi connectivity index (χ4v) is 4.48. The van der Waals surface area contributed by atoms with Gasteiger partial charge in [-0.3, -0.25) is 4.79 Å². The van der Waals surface area contributed by atoms with Crippen LogP contribution >= 0.6 is 22.9 Å². The van der Waals surface area contributed by atoms with E-state index in [0.717, 1.165) is 32.4 Å². The van der Waals surface area contributed by atoms with Crippen LogP contribution in [0.4, 0.5) is 4.79 Å². The molecule has 7 heteroatoms. The van der Waals surface area contributed by atoms with E-state index in [1.165, 1.54) is 24.2 Å². The third kappa shape index (κ3) is 5.36. The van der Waals surface area contributed by atoms with E-state index in [4.69, 9.17) is 16.3 Å². The van der Waals surface area contributed by atoms with Gasteiger partial charge in [-0.2, -0.15) is 0 Å². The topological polar surface area (TPSA) is 58.6 Å². The molecule has 0 spiro atoms. The minimum atomic E-state index is -0.208. The van der Waals surface area contributed by atoms with Gasteiger partial charge in [0.15, 0.2) is 0 Å². The molecule has 1 aromatic rings. The Labute approximate surface area is 164 Å². The number of amides is 2. The van der Waals surface area contributed by atoms with Gasteiger partial charge in [0.25, 0.3) is 5.91 Å². The van der Waals surface area contributed by atoms with Crippen molar-refractivity contribution in [2.45, 2.75) is 58.1 Å². The van der Waals surface area contributed by atoms with Crippen molar-refractivity contribution in [3.8, 4) is 0 Å². The van der Waals surface area contributed by atoms with E-state index in [2.05, 4.69) is 5.32 Å². The number of rotatable bonds is 6. The molecule has 5 nitrogen and oxygen atoms in total. The lowest BCUT2D eigenvalue weighted by molar-refractivity contribution is 0.0637. The van der Waals surface area contributed by atoms with Gasteiger partial charge in [-0.25, -0.2) is 4.79 Å². The summed E-state index contributed by atoms with van der Waals surface area (Å²) in [6.45, 7) is 5.22. The van der Waals surface area contributed by atoms with Gasteiger partial charge in [0.05, 0.1) is 15.3 Å². The van der Waals surface area contributed by atoms with Gasteiger partial charge in [0.1, 0.15) is 0 Å². The van der Waals surface area contributed by atoms with Crippen LogP contribution in [0.1, 0.15) is 55.6 Å². The quantitative estimate of drug-likeness (QED) is 0.764. The maximum Gasteiger partial charge on any atom is 0.410 e. The highest BCUT2D eigenvalue weighted by Gasteiger charge is 2.35. The van der Waals surface area contributed by atoms with E-state index in [0.29, 0.717) is 21.0 Å². The Balaban J connectivity index is 1.49. The Morgan fingerprint density at radius 3 is 2.50 bits per heavy atom. The molecule has 2 fully saturated rings. The lowest BCUT2D eigenvalue weighted by Crippen LogP contribution is -2.42. The van der Waals surface area contributed by atoms with Crippen LogP contribution in [-0.2, 0) is 4.74 Å². The molecular weight excluding hydrogens is 372 g/mol. The van der Waals surface area contributed by atoms with Crippen LogP contribution in [0.25, 0.3) is 0 Å². The van der Waals surface area contributed by atoms with Crippen LogP contribution in [0.2, 0.25) is 4.34 Å². The maximum atomic E-state index is 12.5. The summed E-state index contributed by atoms with van der Waals surface area (Å²) in [4.78, 5) is 26.9. The number of nitrogens with zero attached hydrogens (tertiary/aromatic N) is 1. The van der Waals surface area contributed by atoms with Gasteiger partial charge >= 0.3 is 6.09 Å². The van der Waals surface area contributed by atoms with Crippen LogP contribution in [0.3, 0.4) is 0 Å². The zero-order chi connectivity index (χ0) is 18.7. The molecule has 2 aliphatic rings. The summed E-state index contributed by atoms with van der Waals surface area (Å²) in [6, 6.07) is 3.77. The van der Waals surface area contributed by atoms with Crippen molar-refractivity contribution in [3.63, 3.8) is 0 Å². The third-order valence-electron chi connectivity index (χ3n) is 5.10. The van der Waals surface area contributed by atoms with E-state index in [1.54, 1.807) is 17.0 Å². The molecule has 1 N–H and O–H groups in total. The van der Waals surface area contributed by atoms with Crippen molar-refractivity contribution in [3.05, 3.63) is 21.3 Å². The maximum absolute atomic E-state index is 12.5. The number of carbonyl (C=O) groups excluding carboxylic acids is 2. The van der Waals surface area contributed by atoms with E-state index in [1.807, 2.05) is 13.8 Å². The molecule has 1 atom stereocenters. The van der Waals surface area contributed by atoms with Gasteiger partial charge in [0, 0.05) is 19.1 Å². The summed E-state index contributed by atoms with van der Waals surface area (Å²) in [6.07, 6.45) is 5.02. The van der Waals surface area contributed by atoms with Crippen molar-refractivity contribution in [1.82, 2.24) is 10.2 Å². The first-order chi connectivity index (χ1) is 12.4. The summed E-state index contributed by atoms with van der Waals surface area (Å²) in [5.74, 6) is 1.12. The van der Waals surface area contributed by atoms with Crippen molar-refractivity contribution in [2.24, 2.45) is 11.8 Å². The number of nitrogens with one attached hydrogen (secondary N) is 1. The Morgan fingerprint density at radius 2 is 1.96 bits per heavy atom. The average molecular weight is 399 g/mol. The largest absolute Gasteiger partial charge is 0.447 e. The summed E-state index contributed by atoms with van der Waals surface area (Å²) in [5.41, 5.74) is 0. The van der Waals surface area contributed by atoms with Gasteiger partial charge in [-0.15, -0.1) is 11.3 Å². The van der Waals surface area contributed by atoms with Crippen molar-refractivity contribution >= 4 is 34.9 Å². The van der Waals surface area contributed by atoms with E-state index < -0.39 is 0 Å². The normalized spacial score (nSPS) is 19.5. The number of likely N-dealkylation sites (tertiary alicyclic amines) is 1. The van der Waals surface area contributed by atoms with Gasteiger partial charge in [-0.05, 0) is 69.9 Å². The highest BCUT2D eigenvalue weighted by molar-refractivity contribution is 7.18. The molecule has 1 aromatic heterocycles. The standard InChI is InChI=1S/C19H27ClN2O3S/c1-12(2)25-19(24)22-9-7-13(8-10-22)11-15(14-3-4-14)21-18(23)16-5-6-17(20)26-16/h5-6,12-15H,3-4,7-11H2,1-2H3,(H,21,23). The highest BCUT2D eigenvalue weighted by atomic mass is 35.5. The van der Waals surface area contributed by atoms with Gasteiger partial charge in [0.2, 0.25) is 0 Å². The molecule has 1 saturated carbocycles. The molecule has 0 bridgehead atoms. The molecule has 1 aliphatic carbocycles. The zero-order valence-corrected chi connectivity index (χ0v) is 16.9. The summed E-state index contributed by atoms with van der Waals surface area (Å²) in [5, 5.41) is 3.22. The Hall–Kier alpha value is -1.27. The predicted octanol–water partition coefficient (Wildman–Crippen LogP) is 4.56. The molecule has 1 aliphatic heterocycles. The summed E-state index contributed by atoms with van der Waals surface area (Å²) in [7, 11) is 0. The number of hydrogen-bond donors (Lipinski definition) is 1. The number of ether oxygens (including phenoxy) is 1. The molecule has 144 valence electrons. The number of carbonyl (C=O) groups is 2. The Kier molecular flexibility index (Phi) is 6.46. The first-order valence-electron chi connectivity index (χ1n) is 9.44. The van der Waals surface area contributed by atoms with Gasteiger partial charge < -0.3 is 15.0 Å². The molecule has 2 heterocycles. The molecule has 0 radical (unpaired) electrons. The highest BCUT2D eigenvalue weighted by Crippen LogP contribution is 2.37. The van der Waals surface area contributed by atoms with Crippen LogP contribution in [-0.4, -0.2) is 42.1 Å². The Bertz CT molecular complexity index is 636. The monoisotopic (exact) mass is 398 g/mol. The molecule has 2 amide bonds.